The van der Waals surface area contributed by atoms with E-state index >= 15 is 0 Å². The number of hydrogen-bond acceptors (Lipinski definition) is 15. The van der Waals surface area contributed by atoms with Gasteiger partial charge in [-0.25, -0.2) is 9.67 Å². The monoisotopic (exact) mass is 963 g/mol. The van der Waals surface area contributed by atoms with Gasteiger partial charge in [0.25, 0.3) is 17.7 Å². The maximum atomic E-state index is 13.9. The number of aromatic nitrogens is 7. The lowest BCUT2D eigenvalue weighted by Crippen LogP contribution is -2.51. The topological polar surface area (TPSA) is 200 Å². The SMILES string of the molecule is C=C1CCC(N2C(=O)c3ccc(N4CCN(CC5CCN(CCN6CCN(c7cc(-c8n[nH]c9ccc(NC(=O)C%10=C(C)N(C)c%11nnnn%11C%10(C)C)cc89)ccn7)CC6)CC5)CC4)cc3C2=O)C(=O)N1. The highest BCUT2D eigenvalue weighted by molar-refractivity contribution is 6.23. The standard InChI is InChI=1S/C51H62N16O4/c1-32-6-11-42(46(68)53-32)66-48(70)38-9-8-37(30-39(38)49(66)71)64-24-22-63(23-25-64)31-34-13-16-61(17-14-34)18-19-62-20-26-65(27-21-62)43-28-35(12-15-52-43)45-40-29-36(7-10-41(40)55-56-45)54-47(69)44-33(2)60(5)50-57-58-59-67(50)51(44,3)4/h7-10,12,15,28-30,34,42H,1,6,11,13-14,16-27,31H2,2-5H3,(H,53,68)(H,54,69)(H,55,56). The van der Waals surface area contributed by atoms with Crippen molar-refractivity contribution in [2.24, 2.45) is 5.92 Å². The van der Waals surface area contributed by atoms with E-state index in [2.05, 4.69) is 68.4 Å². The van der Waals surface area contributed by atoms with Gasteiger partial charge in [-0.1, -0.05) is 11.7 Å². The Kier molecular flexibility index (Phi) is 12.2. The first-order valence-corrected chi connectivity index (χ1v) is 25.0. The van der Waals surface area contributed by atoms with Crippen LogP contribution in [0.25, 0.3) is 22.2 Å². The van der Waals surface area contributed by atoms with Crippen LogP contribution in [0.5, 0.6) is 0 Å². The number of carbonyl (C=O) groups excluding carboxylic acids is 4. The van der Waals surface area contributed by atoms with Crippen molar-refractivity contribution in [3.8, 4) is 11.3 Å². The number of amides is 4. The van der Waals surface area contributed by atoms with Gasteiger partial charge in [-0.3, -0.25) is 39.0 Å². The van der Waals surface area contributed by atoms with Gasteiger partial charge in [-0.2, -0.15) is 5.10 Å². The summed E-state index contributed by atoms with van der Waals surface area (Å²) in [4.78, 5) is 73.5. The molecule has 5 aromatic rings. The van der Waals surface area contributed by atoms with Crippen LogP contribution < -0.4 is 25.3 Å². The second-order valence-electron chi connectivity index (χ2n) is 20.4. The Bertz CT molecular complexity index is 2950. The molecule has 3 aromatic heterocycles. The second-order valence-corrected chi connectivity index (χ2v) is 20.4. The number of likely N-dealkylation sites (tertiary alicyclic amines) is 1. The van der Waals surface area contributed by atoms with E-state index in [0.29, 0.717) is 52.8 Å². The van der Waals surface area contributed by atoms with Gasteiger partial charge in [0.2, 0.25) is 11.9 Å². The van der Waals surface area contributed by atoms with Crippen LogP contribution in [-0.4, -0.2) is 177 Å². The molecule has 9 heterocycles. The van der Waals surface area contributed by atoms with Crippen molar-refractivity contribution in [1.82, 2.24) is 60.3 Å². The molecule has 71 heavy (non-hydrogen) atoms. The number of aromatic amines is 1. The van der Waals surface area contributed by atoms with Gasteiger partial charge in [-0.05, 0) is 124 Å². The average molecular weight is 963 g/mol. The number of benzene rings is 2. The van der Waals surface area contributed by atoms with Crippen molar-refractivity contribution in [3.05, 3.63) is 89.4 Å². The zero-order valence-corrected chi connectivity index (χ0v) is 41.0. The molecule has 6 aliphatic heterocycles. The molecule has 0 aliphatic carbocycles. The lowest BCUT2D eigenvalue weighted by atomic mass is 9.89. The first-order valence-electron chi connectivity index (χ1n) is 25.0. The first kappa shape index (κ1) is 46.4. The molecule has 0 saturated carbocycles. The number of anilines is 4. The third-order valence-corrected chi connectivity index (χ3v) is 15.8. The summed E-state index contributed by atoms with van der Waals surface area (Å²) in [6.07, 6.45) is 5.21. The third kappa shape index (κ3) is 8.71. The van der Waals surface area contributed by atoms with E-state index in [1.54, 1.807) is 10.7 Å². The molecule has 2 aromatic carbocycles. The number of piperidine rings is 2. The number of imide groups is 1. The quantitative estimate of drug-likeness (QED) is 0.162. The van der Waals surface area contributed by atoms with Gasteiger partial charge in [0.1, 0.15) is 17.6 Å². The van der Waals surface area contributed by atoms with Gasteiger partial charge in [0.05, 0.1) is 27.8 Å². The zero-order chi connectivity index (χ0) is 49.1. The molecule has 1 atom stereocenters. The zero-order valence-electron chi connectivity index (χ0n) is 41.0. The van der Waals surface area contributed by atoms with Crippen molar-refractivity contribution in [2.75, 3.05) is 112 Å². The van der Waals surface area contributed by atoms with E-state index < -0.39 is 17.5 Å². The van der Waals surface area contributed by atoms with Crippen LogP contribution >= 0.6 is 0 Å². The van der Waals surface area contributed by atoms with Gasteiger partial charge in [0.15, 0.2) is 0 Å². The Labute approximate surface area is 412 Å². The number of tetrazole rings is 1. The highest BCUT2D eigenvalue weighted by atomic mass is 16.2. The Balaban J connectivity index is 0.623. The van der Waals surface area contributed by atoms with Crippen molar-refractivity contribution >= 4 is 57.7 Å². The van der Waals surface area contributed by atoms with Crippen molar-refractivity contribution in [1.29, 1.82) is 0 Å². The lowest BCUT2D eigenvalue weighted by molar-refractivity contribution is -0.125. The molecule has 0 spiro atoms. The Morgan fingerprint density at radius 1 is 0.831 bits per heavy atom. The summed E-state index contributed by atoms with van der Waals surface area (Å²) in [7, 11) is 1.86. The molecule has 4 fully saturated rings. The number of nitrogens with zero attached hydrogens (tertiary/aromatic N) is 13. The third-order valence-electron chi connectivity index (χ3n) is 15.8. The molecule has 4 saturated heterocycles. The minimum Gasteiger partial charge on any atom is -0.369 e. The van der Waals surface area contributed by atoms with Gasteiger partial charge < -0.3 is 30.2 Å². The molecule has 3 N–H and O–H groups in total. The Morgan fingerprint density at radius 2 is 1.55 bits per heavy atom. The molecule has 0 radical (unpaired) electrons. The maximum absolute atomic E-state index is 13.9. The number of nitrogens with one attached hydrogen (secondary N) is 3. The molecule has 4 amide bonds. The van der Waals surface area contributed by atoms with Crippen LogP contribution in [0, 0.1) is 5.92 Å². The number of piperazine rings is 2. The highest BCUT2D eigenvalue weighted by Gasteiger charge is 2.45. The molecule has 1 unspecified atom stereocenters. The Morgan fingerprint density at radius 3 is 2.31 bits per heavy atom. The van der Waals surface area contributed by atoms with Crippen molar-refractivity contribution < 1.29 is 19.2 Å². The summed E-state index contributed by atoms with van der Waals surface area (Å²) in [6.45, 7) is 22.5. The summed E-state index contributed by atoms with van der Waals surface area (Å²) in [5.41, 5.74) is 6.22. The van der Waals surface area contributed by atoms with Crippen LogP contribution in [0.1, 0.15) is 67.2 Å². The largest absolute Gasteiger partial charge is 0.369 e. The summed E-state index contributed by atoms with van der Waals surface area (Å²) >= 11 is 0. The fourth-order valence-electron chi connectivity index (χ4n) is 11.5. The molecule has 11 rings (SSSR count). The smallest absolute Gasteiger partial charge is 0.262 e. The summed E-state index contributed by atoms with van der Waals surface area (Å²) in [5.74, 6) is 0.852. The number of rotatable bonds is 11. The molecule has 20 nitrogen and oxygen atoms in total. The lowest BCUT2D eigenvalue weighted by Gasteiger charge is -2.40. The van der Waals surface area contributed by atoms with Crippen LogP contribution in [0.2, 0.25) is 0 Å². The van der Waals surface area contributed by atoms with E-state index in [9.17, 15) is 19.2 Å². The molecular formula is C51H62N16O4. The second kappa shape index (κ2) is 18.6. The van der Waals surface area contributed by atoms with Gasteiger partial charge >= 0.3 is 0 Å². The molecule has 20 heteroatoms. The predicted octanol–water partition coefficient (Wildman–Crippen LogP) is 3.75. The number of fused-ring (bicyclic) bond motifs is 3. The summed E-state index contributed by atoms with van der Waals surface area (Å²) in [6, 6.07) is 14.6. The van der Waals surface area contributed by atoms with E-state index in [-0.39, 0.29) is 17.7 Å². The number of H-pyrrole nitrogens is 1. The fourth-order valence-corrected chi connectivity index (χ4v) is 11.5. The summed E-state index contributed by atoms with van der Waals surface area (Å²) < 4.78 is 1.68. The van der Waals surface area contributed by atoms with E-state index in [4.69, 9.17) is 10.1 Å². The Hall–Kier alpha value is -7.03. The number of allylic oxidation sites excluding steroid dienone is 2. The maximum Gasteiger partial charge on any atom is 0.262 e. The van der Waals surface area contributed by atoms with Crippen molar-refractivity contribution in [2.45, 2.75) is 58.0 Å². The normalized spacial score (nSPS) is 21.6. The predicted molar refractivity (Wildman–Crippen MR) is 270 cm³/mol. The number of carbonyl (C=O) groups is 4. The van der Waals surface area contributed by atoms with Crippen molar-refractivity contribution in [3.63, 3.8) is 0 Å². The minimum atomic E-state index is -0.806. The molecule has 0 bridgehead atoms. The van der Waals surface area contributed by atoms with E-state index in [1.807, 2.05) is 75.3 Å². The summed E-state index contributed by atoms with van der Waals surface area (Å²) in [5, 5.41) is 26.8. The van der Waals surface area contributed by atoms with Crippen LogP contribution in [0.15, 0.2) is 78.3 Å². The first-order chi connectivity index (χ1) is 34.3. The van der Waals surface area contributed by atoms with E-state index in [0.717, 1.165) is 129 Å². The molecule has 370 valence electrons. The van der Waals surface area contributed by atoms with Gasteiger partial charge in [-0.15, -0.1) is 0 Å². The molecule has 6 aliphatic rings. The van der Waals surface area contributed by atoms with Gasteiger partial charge in [0, 0.05) is 119 Å². The minimum absolute atomic E-state index is 0.218. The highest BCUT2D eigenvalue weighted by Crippen LogP contribution is 2.38. The average Bonchev–Trinajstić information content (AvgIpc) is 4.11. The molecular weight excluding hydrogens is 901 g/mol. The van der Waals surface area contributed by atoms with Crippen LogP contribution in [0.4, 0.5) is 23.1 Å². The van der Waals surface area contributed by atoms with Crippen LogP contribution in [-0.2, 0) is 15.1 Å². The number of pyridine rings is 1. The van der Waals surface area contributed by atoms with Crippen LogP contribution in [0.3, 0.4) is 0 Å². The fraction of sp³-hybridized carbons (Fsp3) is 0.471. The van der Waals surface area contributed by atoms with E-state index in [1.165, 1.54) is 12.8 Å². The number of hydrogen-bond donors (Lipinski definition) is 3.